The third kappa shape index (κ3) is 3.42. The van der Waals surface area contributed by atoms with Gasteiger partial charge in [-0.05, 0) is 56.4 Å². The van der Waals surface area contributed by atoms with Gasteiger partial charge in [-0.3, -0.25) is 4.68 Å². The number of phenols is 1. The van der Waals surface area contributed by atoms with Gasteiger partial charge in [0, 0.05) is 59.2 Å². The summed E-state index contributed by atoms with van der Waals surface area (Å²) in [7, 11) is 1.88. The fraction of sp³-hybridized carbons (Fsp3) is 0.333. The van der Waals surface area contributed by atoms with Crippen molar-refractivity contribution in [1.82, 2.24) is 14.8 Å². The molecule has 5 nitrogen and oxygen atoms in total. The molecule has 1 aliphatic rings. The number of pyridine rings is 1. The molecule has 1 unspecified atom stereocenters. The van der Waals surface area contributed by atoms with Gasteiger partial charge in [0.05, 0.1) is 21.7 Å². The molecule has 0 saturated carbocycles. The lowest BCUT2D eigenvalue weighted by Gasteiger charge is -2.22. The smallest absolute Gasteiger partial charge is 0.130 e. The fourth-order valence-electron chi connectivity index (χ4n) is 4.58. The minimum Gasteiger partial charge on any atom is -0.507 e. The van der Waals surface area contributed by atoms with Crippen molar-refractivity contribution in [3.05, 3.63) is 46.6 Å². The number of nitrogens with zero attached hydrogens (tertiary/aromatic N) is 4. The lowest BCUT2D eigenvalue weighted by Crippen LogP contribution is -2.21. The van der Waals surface area contributed by atoms with Crippen molar-refractivity contribution in [1.29, 1.82) is 0 Å². The molecule has 1 atom stereocenters. The molecule has 0 radical (unpaired) electrons. The standard InChI is InChI=1S/C24H25ClN4OS/c1-13-7-20-17(9-22(13)29-6-5-16(12-29)31-4)19(25)10-21(26-20)18-8-15-11-28(3)27-23(15)14(2)24(18)30/h7-11,16,30H,5-6,12H2,1-4H3. The van der Waals surface area contributed by atoms with Gasteiger partial charge in [0.25, 0.3) is 0 Å². The molecule has 1 N–H and O–H groups in total. The van der Waals surface area contributed by atoms with E-state index in [0.717, 1.165) is 40.5 Å². The molecule has 1 fully saturated rings. The van der Waals surface area contributed by atoms with Gasteiger partial charge in [-0.2, -0.15) is 16.9 Å². The zero-order valence-electron chi connectivity index (χ0n) is 18.1. The number of hydrogen-bond donors (Lipinski definition) is 1. The van der Waals surface area contributed by atoms with Crippen molar-refractivity contribution in [3.8, 4) is 17.0 Å². The minimum atomic E-state index is 0.197. The number of phenolic OH excluding ortho intramolecular Hbond substituents is 1. The maximum absolute atomic E-state index is 10.9. The van der Waals surface area contributed by atoms with Crippen LogP contribution in [-0.2, 0) is 7.05 Å². The van der Waals surface area contributed by atoms with E-state index in [9.17, 15) is 5.11 Å². The highest BCUT2D eigenvalue weighted by Crippen LogP contribution is 2.39. The quantitative estimate of drug-likeness (QED) is 0.431. The Kier molecular flexibility index (Phi) is 5.02. The molecular formula is C24H25ClN4OS. The molecule has 2 aromatic heterocycles. The van der Waals surface area contributed by atoms with Crippen molar-refractivity contribution < 1.29 is 5.11 Å². The highest BCUT2D eigenvalue weighted by atomic mass is 35.5. The molecule has 0 aliphatic carbocycles. The molecule has 0 bridgehead atoms. The summed E-state index contributed by atoms with van der Waals surface area (Å²) >= 11 is 8.69. The molecular weight excluding hydrogens is 428 g/mol. The SMILES string of the molecule is CSC1CCN(c2cc3c(Cl)cc(-c4cc5cn(C)nc5c(C)c4O)nc3cc2C)C1. The van der Waals surface area contributed by atoms with Crippen LogP contribution < -0.4 is 4.90 Å². The van der Waals surface area contributed by atoms with E-state index in [1.54, 1.807) is 4.68 Å². The summed E-state index contributed by atoms with van der Waals surface area (Å²) in [5.41, 5.74) is 6.15. The molecule has 160 valence electrons. The van der Waals surface area contributed by atoms with E-state index in [-0.39, 0.29) is 5.75 Å². The Morgan fingerprint density at radius 3 is 2.74 bits per heavy atom. The summed E-state index contributed by atoms with van der Waals surface area (Å²) in [5, 5.41) is 18.6. The number of rotatable bonds is 3. The zero-order valence-corrected chi connectivity index (χ0v) is 19.7. The predicted molar refractivity (Wildman–Crippen MR) is 132 cm³/mol. The van der Waals surface area contributed by atoms with E-state index >= 15 is 0 Å². The molecule has 7 heteroatoms. The van der Waals surface area contributed by atoms with Crippen LogP contribution in [-0.4, -0.2) is 44.5 Å². The first kappa shape index (κ1) is 20.5. The predicted octanol–water partition coefficient (Wildman–Crippen LogP) is 5.71. The van der Waals surface area contributed by atoms with Crippen molar-refractivity contribution in [2.75, 3.05) is 24.2 Å². The molecule has 3 heterocycles. The Hall–Kier alpha value is -2.44. The highest BCUT2D eigenvalue weighted by Gasteiger charge is 2.24. The van der Waals surface area contributed by atoms with E-state index < -0.39 is 0 Å². The molecule has 31 heavy (non-hydrogen) atoms. The summed E-state index contributed by atoms with van der Waals surface area (Å²) in [6.45, 7) is 6.14. The normalized spacial score (nSPS) is 16.7. The van der Waals surface area contributed by atoms with Crippen LogP contribution in [0, 0.1) is 13.8 Å². The number of hydrogen-bond acceptors (Lipinski definition) is 5. The number of aromatic nitrogens is 3. The van der Waals surface area contributed by atoms with Crippen LogP contribution in [0.1, 0.15) is 17.5 Å². The van der Waals surface area contributed by atoms with E-state index in [0.29, 0.717) is 21.5 Å². The van der Waals surface area contributed by atoms with Crippen molar-refractivity contribution in [2.24, 2.45) is 7.05 Å². The van der Waals surface area contributed by atoms with E-state index in [1.807, 2.05) is 44.1 Å². The average molecular weight is 453 g/mol. The van der Waals surface area contributed by atoms with Gasteiger partial charge in [0.1, 0.15) is 5.75 Å². The second kappa shape index (κ2) is 7.61. The third-order valence-corrected chi connectivity index (χ3v) is 7.66. The third-order valence-electron chi connectivity index (χ3n) is 6.29. The van der Waals surface area contributed by atoms with Crippen molar-refractivity contribution in [3.63, 3.8) is 0 Å². The molecule has 0 amide bonds. The van der Waals surface area contributed by atoms with Crippen LogP contribution in [0.2, 0.25) is 5.02 Å². The summed E-state index contributed by atoms with van der Waals surface area (Å²) < 4.78 is 1.76. The van der Waals surface area contributed by atoms with Crippen LogP contribution in [0.25, 0.3) is 33.1 Å². The van der Waals surface area contributed by atoms with E-state index in [2.05, 4.69) is 35.3 Å². The lowest BCUT2D eigenvalue weighted by molar-refractivity contribution is 0.474. The Morgan fingerprint density at radius 2 is 2.00 bits per heavy atom. The average Bonchev–Trinajstić information content (AvgIpc) is 3.36. The van der Waals surface area contributed by atoms with Gasteiger partial charge in [-0.25, -0.2) is 4.98 Å². The minimum absolute atomic E-state index is 0.197. The maximum Gasteiger partial charge on any atom is 0.130 e. The van der Waals surface area contributed by atoms with Crippen LogP contribution >= 0.6 is 23.4 Å². The number of halogens is 1. The first-order chi connectivity index (χ1) is 14.9. The molecule has 0 spiro atoms. The van der Waals surface area contributed by atoms with Gasteiger partial charge >= 0.3 is 0 Å². The zero-order chi connectivity index (χ0) is 21.9. The number of thioether (sulfide) groups is 1. The highest BCUT2D eigenvalue weighted by molar-refractivity contribution is 7.99. The lowest BCUT2D eigenvalue weighted by atomic mass is 10.0. The summed E-state index contributed by atoms with van der Waals surface area (Å²) in [4.78, 5) is 7.34. The number of fused-ring (bicyclic) bond motifs is 2. The summed E-state index contributed by atoms with van der Waals surface area (Å²) in [6, 6.07) is 8.07. The van der Waals surface area contributed by atoms with E-state index in [1.165, 1.54) is 17.7 Å². The number of benzene rings is 2. The number of aromatic hydroxyl groups is 1. The number of aryl methyl sites for hydroxylation is 3. The van der Waals surface area contributed by atoms with Crippen LogP contribution in [0.5, 0.6) is 5.75 Å². The summed E-state index contributed by atoms with van der Waals surface area (Å²) in [6.07, 6.45) is 5.34. The Balaban J connectivity index is 1.63. The van der Waals surface area contributed by atoms with Gasteiger partial charge in [-0.15, -0.1) is 0 Å². The first-order valence-electron chi connectivity index (χ1n) is 10.4. The molecule has 1 aliphatic heterocycles. The van der Waals surface area contributed by atoms with Crippen molar-refractivity contribution in [2.45, 2.75) is 25.5 Å². The van der Waals surface area contributed by atoms with Crippen LogP contribution in [0.4, 0.5) is 5.69 Å². The molecule has 2 aromatic carbocycles. The van der Waals surface area contributed by atoms with Crippen LogP contribution in [0.15, 0.2) is 30.5 Å². The maximum atomic E-state index is 10.9. The largest absolute Gasteiger partial charge is 0.507 e. The monoisotopic (exact) mass is 452 g/mol. The molecule has 1 saturated heterocycles. The number of anilines is 1. The van der Waals surface area contributed by atoms with Gasteiger partial charge in [0.2, 0.25) is 0 Å². The van der Waals surface area contributed by atoms with Gasteiger partial charge in [-0.1, -0.05) is 11.6 Å². The summed E-state index contributed by atoms with van der Waals surface area (Å²) in [5.74, 6) is 0.197. The van der Waals surface area contributed by atoms with E-state index in [4.69, 9.17) is 16.6 Å². The molecule has 5 rings (SSSR count). The Morgan fingerprint density at radius 1 is 1.19 bits per heavy atom. The Labute approximate surface area is 191 Å². The molecule has 4 aromatic rings. The van der Waals surface area contributed by atoms with Crippen LogP contribution in [0.3, 0.4) is 0 Å². The topological polar surface area (TPSA) is 54.2 Å². The van der Waals surface area contributed by atoms with Crippen molar-refractivity contribution >= 4 is 50.9 Å². The van der Waals surface area contributed by atoms with Gasteiger partial charge in [0.15, 0.2) is 0 Å². The first-order valence-corrected chi connectivity index (χ1v) is 12.1. The Bertz CT molecular complexity index is 1330. The second-order valence-corrected chi connectivity index (χ2v) is 9.92. The second-order valence-electron chi connectivity index (χ2n) is 8.38. The van der Waals surface area contributed by atoms with Gasteiger partial charge < -0.3 is 10.0 Å². The fourth-order valence-corrected chi connectivity index (χ4v) is 5.50.